The predicted molar refractivity (Wildman–Crippen MR) is 39.8 cm³/mol. The van der Waals surface area contributed by atoms with Crippen LogP contribution in [0.25, 0.3) is 0 Å². The van der Waals surface area contributed by atoms with E-state index in [0.717, 1.165) is 6.61 Å². The summed E-state index contributed by atoms with van der Waals surface area (Å²) in [7, 11) is 1.73. The molecule has 2 nitrogen and oxygen atoms in total. The summed E-state index contributed by atoms with van der Waals surface area (Å²) in [6.07, 6.45) is 2.45. The molecule has 0 bridgehead atoms. The molecule has 1 rings (SSSR count). The molecule has 0 aliphatic heterocycles. The van der Waals surface area contributed by atoms with Crippen LogP contribution in [0.3, 0.4) is 0 Å². The zero-order valence-corrected chi connectivity index (χ0v) is 6.49. The van der Waals surface area contributed by atoms with Gasteiger partial charge in [0.25, 0.3) is 0 Å². The van der Waals surface area contributed by atoms with Crippen LogP contribution in [0.5, 0.6) is 0 Å². The van der Waals surface area contributed by atoms with Crippen molar-refractivity contribution in [1.29, 1.82) is 0 Å². The van der Waals surface area contributed by atoms with Crippen molar-refractivity contribution in [1.82, 2.24) is 0 Å². The number of nitrogens with two attached hydrogens (primary N) is 1. The summed E-state index contributed by atoms with van der Waals surface area (Å²) in [5.41, 5.74) is 5.63. The van der Waals surface area contributed by atoms with Crippen LogP contribution in [-0.2, 0) is 4.74 Å². The van der Waals surface area contributed by atoms with E-state index in [1.54, 1.807) is 7.11 Å². The maximum absolute atomic E-state index is 5.63. The molecule has 0 unspecified atom stereocenters. The van der Waals surface area contributed by atoms with Crippen LogP contribution in [0, 0.1) is 5.92 Å². The number of hydrogen-bond donors (Lipinski definition) is 1. The van der Waals surface area contributed by atoms with Gasteiger partial charge in [0, 0.05) is 13.2 Å². The number of rotatable bonds is 2. The molecular weight excluding hydrogens is 138 g/mol. The Labute approximate surface area is 62.2 Å². The molecule has 1 aliphatic rings. The van der Waals surface area contributed by atoms with Gasteiger partial charge in [0.1, 0.15) is 0 Å². The van der Waals surface area contributed by atoms with E-state index in [0.29, 0.717) is 12.0 Å². The topological polar surface area (TPSA) is 35.2 Å². The summed E-state index contributed by atoms with van der Waals surface area (Å²) in [5, 5.41) is 0. The Kier molecular flexibility index (Phi) is 4.19. The molecule has 0 radical (unpaired) electrons. The fraction of sp³-hybridized carbons (Fsp3) is 1.00. The van der Waals surface area contributed by atoms with E-state index in [1.165, 1.54) is 12.8 Å². The number of ether oxygens (including phenoxy) is 1. The molecular formula is C6H14ClNO. The van der Waals surface area contributed by atoms with Crippen LogP contribution >= 0.6 is 12.4 Å². The van der Waals surface area contributed by atoms with E-state index in [-0.39, 0.29) is 12.4 Å². The van der Waals surface area contributed by atoms with Crippen molar-refractivity contribution in [2.24, 2.45) is 11.7 Å². The van der Waals surface area contributed by atoms with Gasteiger partial charge in [0.05, 0.1) is 6.61 Å². The summed E-state index contributed by atoms with van der Waals surface area (Å²) in [4.78, 5) is 0. The third kappa shape index (κ3) is 2.12. The lowest BCUT2D eigenvalue weighted by atomic mass is 9.81. The Morgan fingerprint density at radius 3 is 2.33 bits per heavy atom. The standard InChI is InChI=1S/C6H13NO.ClH/c1-8-4-5-2-3-6(5)7;/h5-6H,2-4,7H2,1H3;1H/t5-,6-;/m0./s1. The molecule has 2 N–H and O–H groups in total. The SMILES string of the molecule is COC[C@@H]1CC[C@@H]1N.Cl. The second-order valence-corrected chi connectivity index (χ2v) is 2.46. The van der Waals surface area contributed by atoms with Crippen molar-refractivity contribution in [3.05, 3.63) is 0 Å². The van der Waals surface area contributed by atoms with E-state index in [9.17, 15) is 0 Å². The van der Waals surface area contributed by atoms with Gasteiger partial charge in [0.2, 0.25) is 0 Å². The molecule has 0 aromatic heterocycles. The van der Waals surface area contributed by atoms with Crippen LogP contribution < -0.4 is 5.73 Å². The molecule has 0 spiro atoms. The van der Waals surface area contributed by atoms with Crippen molar-refractivity contribution in [2.45, 2.75) is 18.9 Å². The van der Waals surface area contributed by atoms with Gasteiger partial charge in [-0.3, -0.25) is 0 Å². The molecule has 2 atom stereocenters. The molecule has 3 heteroatoms. The van der Waals surface area contributed by atoms with Gasteiger partial charge in [-0.05, 0) is 18.8 Å². The summed E-state index contributed by atoms with van der Waals surface area (Å²) in [5.74, 6) is 0.653. The van der Waals surface area contributed by atoms with Crippen molar-refractivity contribution in [3.8, 4) is 0 Å². The maximum atomic E-state index is 5.63. The molecule has 1 fully saturated rings. The van der Waals surface area contributed by atoms with Crippen LogP contribution in [0.1, 0.15) is 12.8 Å². The van der Waals surface area contributed by atoms with Gasteiger partial charge in [-0.25, -0.2) is 0 Å². The van der Waals surface area contributed by atoms with E-state index in [4.69, 9.17) is 10.5 Å². The smallest absolute Gasteiger partial charge is 0.0505 e. The summed E-state index contributed by atoms with van der Waals surface area (Å²) in [6, 6.07) is 0.426. The lowest BCUT2D eigenvalue weighted by Gasteiger charge is -2.32. The lowest BCUT2D eigenvalue weighted by molar-refractivity contribution is 0.0945. The van der Waals surface area contributed by atoms with Gasteiger partial charge in [-0.1, -0.05) is 0 Å². The third-order valence-electron chi connectivity index (χ3n) is 1.86. The van der Waals surface area contributed by atoms with Gasteiger partial charge in [0.15, 0.2) is 0 Å². The van der Waals surface area contributed by atoms with Crippen molar-refractivity contribution >= 4 is 12.4 Å². The largest absolute Gasteiger partial charge is 0.384 e. The Bertz CT molecular complexity index is 79.5. The van der Waals surface area contributed by atoms with E-state index in [1.807, 2.05) is 0 Å². The second-order valence-electron chi connectivity index (χ2n) is 2.46. The zero-order chi connectivity index (χ0) is 5.98. The quantitative estimate of drug-likeness (QED) is 0.634. The fourth-order valence-electron chi connectivity index (χ4n) is 1.02. The average Bonchev–Trinajstić information content (AvgIpc) is 1.79. The molecule has 0 saturated heterocycles. The van der Waals surface area contributed by atoms with Crippen molar-refractivity contribution < 1.29 is 4.74 Å². The first-order chi connectivity index (χ1) is 3.84. The predicted octanol–water partition coefficient (Wildman–Crippen LogP) is 0.792. The van der Waals surface area contributed by atoms with Gasteiger partial charge < -0.3 is 10.5 Å². The first-order valence-electron chi connectivity index (χ1n) is 3.09. The Balaban J connectivity index is 0.000000640. The Morgan fingerprint density at radius 1 is 1.56 bits per heavy atom. The molecule has 0 aromatic carbocycles. The minimum Gasteiger partial charge on any atom is -0.384 e. The van der Waals surface area contributed by atoms with E-state index in [2.05, 4.69) is 0 Å². The minimum absolute atomic E-state index is 0. The molecule has 0 aromatic rings. The Morgan fingerprint density at radius 2 is 2.22 bits per heavy atom. The molecule has 0 heterocycles. The fourth-order valence-corrected chi connectivity index (χ4v) is 1.02. The van der Waals surface area contributed by atoms with Gasteiger partial charge in [-0.2, -0.15) is 0 Å². The lowest BCUT2D eigenvalue weighted by Crippen LogP contribution is -2.41. The molecule has 9 heavy (non-hydrogen) atoms. The van der Waals surface area contributed by atoms with E-state index < -0.39 is 0 Å². The number of methoxy groups -OCH3 is 1. The highest BCUT2D eigenvalue weighted by molar-refractivity contribution is 5.85. The van der Waals surface area contributed by atoms with Crippen LogP contribution in [0.2, 0.25) is 0 Å². The Hall–Kier alpha value is 0.210. The summed E-state index contributed by atoms with van der Waals surface area (Å²) in [6.45, 7) is 0.848. The number of hydrogen-bond acceptors (Lipinski definition) is 2. The third-order valence-corrected chi connectivity index (χ3v) is 1.86. The first-order valence-corrected chi connectivity index (χ1v) is 3.09. The van der Waals surface area contributed by atoms with Gasteiger partial charge in [-0.15, -0.1) is 12.4 Å². The van der Waals surface area contributed by atoms with Crippen molar-refractivity contribution in [3.63, 3.8) is 0 Å². The molecule has 0 amide bonds. The molecule has 1 saturated carbocycles. The maximum Gasteiger partial charge on any atom is 0.0505 e. The molecule has 1 aliphatic carbocycles. The average molecular weight is 152 g/mol. The van der Waals surface area contributed by atoms with Crippen LogP contribution in [0.15, 0.2) is 0 Å². The van der Waals surface area contributed by atoms with Gasteiger partial charge >= 0.3 is 0 Å². The minimum atomic E-state index is 0. The monoisotopic (exact) mass is 151 g/mol. The zero-order valence-electron chi connectivity index (χ0n) is 5.67. The number of halogens is 1. The highest BCUT2D eigenvalue weighted by atomic mass is 35.5. The van der Waals surface area contributed by atoms with Crippen LogP contribution in [0.4, 0.5) is 0 Å². The molecule has 56 valence electrons. The second kappa shape index (κ2) is 4.09. The van der Waals surface area contributed by atoms with E-state index >= 15 is 0 Å². The summed E-state index contributed by atoms with van der Waals surface area (Å²) < 4.78 is 4.94. The highest BCUT2D eigenvalue weighted by Crippen LogP contribution is 2.24. The van der Waals surface area contributed by atoms with Crippen molar-refractivity contribution in [2.75, 3.05) is 13.7 Å². The van der Waals surface area contributed by atoms with Crippen LogP contribution in [-0.4, -0.2) is 19.8 Å². The normalized spacial score (nSPS) is 32.7. The highest BCUT2D eigenvalue weighted by Gasteiger charge is 2.26. The first kappa shape index (κ1) is 9.21. The summed E-state index contributed by atoms with van der Waals surface area (Å²) >= 11 is 0.